The Bertz CT molecular complexity index is 1470. The van der Waals surface area contributed by atoms with Gasteiger partial charge >= 0.3 is 5.97 Å². The Labute approximate surface area is 227 Å². The lowest BCUT2D eigenvalue weighted by Gasteiger charge is -2.30. The van der Waals surface area contributed by atoms with E-state index in [-0.39, 0.29) is 30.0 Å². The number of oxazole rings is 1. The van der Waals surface area contributed by atoms with Gasteiger partial charge in [-0.25, -0.2) is 14.8 Å². The zero-order valence-electron chi connectivity index (χ0n) is 21.0. The molecule has 5 rings (SSSR count). The first-order valence-electron chi connectivity index (χ1n) is 12.4. The molecule has 1 fully saturated rings. The normalized spacial score (nSPS) is 14.0. The number of ether oxygens (including phenoxy) is 1. The summed E-state index contributed by atoms with van der Waals surface area (Å²) in [7, 11) is 0. The number of carbonyl (C=O) groups is 3. The third kappa shape index (κ3) is 6.29. The van der Waals surface area contributed by atoms with Crippen molar-refractivity contribution < 1.29 is 28.1 Å². The lowest BCUT2D eigenvalue weighted by Crippen LogP contribution is -2.37. The molecule has 12 heteroatoms. The van der Waals surface area contributed by atoms with Crippen LogP contribution in [0, 0.1) is 0 Å². The van der Waals surface area contributed by atoms with Gasteiger partial charge in [-0.15, -0.1) is 11.3 Å². The average molecular weight is 548 g/mol. The fraction of sp³-hybridized carbons (Fsp3) is 0.259. The van der Waals surface area contributed by atoms with E-state index in [0.717, 1.165) is 23.4 Å². The van der Waals surface area contributed by atoms with E-state index >= 15 is 0 Å². The molecule has 0 saturated carbocycles. The molecule has 1 aromatic carbocycles. The quantitative estimate of drug-likeness (QED) is 0.249. The predicted octanol–water partition coefficient (Wildman–Crippen LogP) is 4.53. The third-order valence-electron chi connectivity index (χ3n) is 6.17. The Morgan fingerprint density at radius 2 is 1.95 bits per heavy atom. The zero-order chi connectivity index (χ0) is 27.2. The van der Waals surface area contributed by atoms with Gasteiger partial charge in [-0.2, -0.15) is 0 Å². The lowest BCUT2D eigenvalue weighted by atomic mass is 9.97. The summed E-state index contributed by atoms with van der Waals surface area (Å²) in [5, 5.41) is 9.31. The number of likely N-dealkylation sites (tertiary alicyclic amines) is 1. The molecule has 0 bridgehead atoms. The number of piperidine rings is 1. The number of esters is 1. The highest BCUT2D eigenvalue weighted by Gasteiger charge is 2.26. The van der Waals surface area contributed by atoms with E-state index in [2.05, 4.69) is 20.4 Å². The number of nitrogens with one attached hydrogen (secondary N) is 1. The SMILES string of the molecule is CCOC(=O)c1cc(-c2csc(C3CCN(C(=O)C=CC(=O)Nc4ccc(-c5cnco5)cc4)CC3)n2)on1. The summed E-state index contributed by atoms with van der Waals surface area (Å²) in [6.45, 7) is 3.10. The molecule has 0 unspecified atom stereocenters. The number of nitrogens with zero attached hydrogens (tertiary/aromatic N) is 4. The molecule has 4 aromatic rings. The summed E-state index contributed by atoms with van der Waals surface area (Å²) in [4.78, 5) is 47.0. The Balaban J connectivity index is 1.10. The standard InChI is InChI=1S/C27H25N5O6S/c1-2-36-27(35)20-13-22(38-31-20)21-15-39-26(30-21)18-9-11-32(12-10-18)25(34)8-7-24(33)29-19-5-3-17(4-6-19)23-14-28-16-37-23/h3-8,13-16,18H,2,9-12H2,1H3,(H,29,33). The Hall–Kier alpha value is -4.58. The van der Waals surface area contributed by atoms with Crippen molar-refractivity contribution in [1.29, 1.82) is 0 Å². The molecule has 0 atom stereocenters. The molecule has 0 aliphatic carbocycles. The summed E-state index contributed by atoms with van der Waals surface area (Å²) in [6, 6.07) is 8.65. The van der Waals surface area contributed by atoms with Crippen molar-refractivity contribution in [1.82, 2.24) is 20.0 Å². The summed E-state index contributed by atoms with van der Waals surface area (Å²) < 4.78 is 15.5. The van der Waals surface area contributed by atoms with E-state index in [9.17, 15) is 14.4 Å². The molecule has 0 spiro atoms. The van der Waals surface area contributed by atoms with Crippen LogP contribution >= 0.6 is 11.3 Å². The molecule has 1 saturated heterocycles. The van der Waals surface area contributed by atoms with Crippen molar-refractivity contribution in [3.63, 3.8) is 0 Å². The van der Waals surface area contributed by atoms with Crippen molar-refractivity contribution in [3.05, 3.63) is 71.2 Å². The maximum absolute atomic E-state index is 12.6. The van der Waals surface area contributed by atoms with Gasteiger partial charge in [0.25, 0.3) is 0 Å². The molecule has 2 amide bonds. The van der Waals surface area contributed by atoms with E-state index in [1.54, 1.807) is 30.2 Å². The number of amides is 2. The molecular formula is C27H25N5O6S. The van der Waals surface area contributed by atoms with Crippen LogP contribution in [0.1, 0.15) is 41.2 Å². The van der Waals surface area contributed by atoms with Gasteiger partial charge in [0.05, 0.1) is 17.8 Å². The summed E-state index contributed by atoms with van der Waals surface area (Å²) in [5.74, 6) is 0.104. The molecule has 11 nitrogen and oxygen atoms in total. The first-order chi connectivity index (χ1) is 19.0. The van der Waals surface area contributed by atoms with E-state index < -0.39 is 5.97 Å². The average Bonchev–Trinajstić information content (AvgIpc) is 3.74. The minimum absolute atomic E-state index is 0.107. The summed E-state index contributed by atoms with van der Waals surface area (Å²) in [6.07, 6.45) is 7.01. The predicted molar refractivity (Wildman–Crippen MR) is 142 cm³/mol. The van der Waals surface area contributed by atoms with Gasteiger partial charge in [0.15, 0.2) is 23.6 Å². The highest BCUT2D eigenvalue weighted by molar-refractivity contribution is 7.10. The van der Waals surface area contributed by atoms with Crippen LogP contribution in [0.3, 0.4) is 0 Å². The Morgan fingerprint density at radius 3 is 2.67 bits per heavy atom. The van der Waals surface area contributed by atoms with Crippen LogP contribution < -0.4 is 5.32 Å². The van der Waals surface area contributed by atoms with Gasteiger partial charge in [-0.1, -0.05) is 5.16 Å². The fourth-order valence-corrected chi connectivity index (χ4v) is 5.13. The molecule has 4 heterocycles. The number of thiazole rings is 1. The molecule has 1 aliphatic rings. The largest absolute Gasteiger partial charge is 0.461 e. The van der Waals surface area contributed by atoms with Gasteiger partial charge in [0.2, 0.25) is 11.8 Å². The second-order valence-electron chi connectivity index (χ2n) is 8.73. The summed E-state index contributed by atoms with van der Waals surface area (Å²) >= 11 is 1.51. The van der Waals surface area contributed by atoms with Crippen LogP contribution in [0.15, 0.2) is 69.4 Å². The molecule has 39 heavy (non-hydrogen) atoms. The number of anilines is 1. The highest BCUT2D eigenvalue weighted by atomic mass is 32.1. The van der Waals surface area contributed by atoms with Gasteiger partial charge in [-0.3, -0.25) is 9.59 Å². The van der Waals surface area contributed by atoms with Crippen molar-refractivity contribution in [3.8, 4) is 22.8 Å². The maximum atomic E-state index is 12.6. The van der Waals surface area contributed by atoms with Crippen LogP contribution in [0.4, 0.5) is 5.69 Å². The minimum Gasteiger partial charge on any atom is -0.461 e. The van der Waals surface area contributed by atoms with E-state index in [1.165, 1.54) is 35.9 Å². The van der Waals surface area contributed by atoms with Crippen LogP contribution in [0.25, 0.3) is 22.8 Å². The smallest absolute Gasteiger partial charge is 0.360 e. The van der Waals surface area contributed by atoms with Crippen LogP contribution in [-0.2, 0) is 14.3 Å². The van der Waals surface area contributed by atoms with Crippen LogP contribution in [-0.4, -0.2) is 57.5 Å². The number of hydrogen-bond donors (Lipinski definition) is 1. The zero-order valence-corrected chi connectivity index (χ0v) is 21.8. The molecule has 1 N–H and O–H groups in total. The molecule has 200 valence electrons. The Morgan fingerprint density at radius 1 is 1.15 bits per heavy atom. The number of benzene rings is 1. The monoisotopic (exact) mass is 547 g/mol. The van der Waals surface area contributed by atoms with Gasteiger partial charge in [-0.05, 0) is 44.0 Å². The van der Waals surface area contributed by atoms with E-state index in [4.69, 9.17) is 13.7 Å². The molecule has 1 aliphatic heterocycles. The van der Waals surface area contributed by atoms with Gasteiger partial charge in [0, 0.05) is 53.9 Å². The minimum atomic E-state index is -0.538. The second-order valence-corrected chi connectivity index (χ2v) is 9.62. The number of aromatic nitrogens is 3. The molecular weight excluding hydrogens is 522 g/mol. The van der Waals surface area contributed by atoms with Crippen molar-refractivity contribution in [2.75, 3.05) is 25.0 Å². The van der Waals surface area contributed by atoms with Crippen molar-refractivity contribution in [2.45, 2.75) is 25.7 Å². The lowest BCUT2D eigenvalue weighted by molar-refractivity contribution is -0.127. The van der Waals surface area contributed by atoms with E-state index in [1.807, 2.05) is 17.5 Å². The number of rotatable bonds is 8. The van der Waals surface area contributed by atoms with Gasteiger partial charge < -0.3 is 23.9 Å². The molecule has 0 radical (unpaired) electrons. The first kappa shape index (κ1) is 26.0. The van der Waals surface area contributed by atoms with Gasteiger partial charge in [0.1, 0.15) is 5.69 Å². The van der Waals surface area contributed by atoms with E-state index in [0.29, 0.717) is 36.0 Å². The number of hydrogen-bond acceptors (Lipinski definition) is 10. The number of carbonyl (C=O) groups excluding carboxylic acids is 3. The highest BCUT2D eigenvalue weighted by Crippen LogP contribution is 2.33. The van der Waals surface area contributed by atoms with Crippen molar-refractivity contribution >= 4 is 34.8 Å². The van der Waals surface area contributed by atoms with Crippen LogP contribution in [0.5, 0.6) is 0 Å². The second kappa shape index (κ2) is 11.9. The van der Waals surface area contributed by atoms with Crippen LogP contribution in [0.2, 0.25) is 0 Å². The first-order valence-corrected chi connectivity index (χ1v) is 13.2. The maximum Gasteiger partial charge on any atom is 0.360 e. The summed E-state index contributed by atoms with van der Waals surface area (Å²) in [5.41, 5.74) is 2.16. The van der Waals surface area contributed by atoms with Crippen molar-refractivity contribution in [2.24, 2.45) is 0 Å². The fourth-order valence-electron chi connectivity index (χ4n) is 4.14. The Kier molecular flexibility index (Phi) is 7.92. The third-order valence-corrected chi connectivity index (χ3v) is 7.18. The topological polar surface area (TPSA) is 141 Å². The molecule has 3 aromatic heterocycles.